The highest BCUT2D eigenvalue weighted by atomic mass is 16.5. The van der Waals surface area contributed by atoms with Crippen LogP contribution in [0.2, 0.25) is 0 Å². The van der Waals surface area contributed by atoms with E-state index in [-0.39, 0.29) is 6.04 Å². The molecule has 0 unspecified atom stereocenters. The van der Waals surface area contributed by atoms with Gasteiger partial charge in [0.25, 0.3) is 5.91 Å². The van der Waals surface area contributed by atoms with Crippen LogP contribution in [0, 0.1) is 0 Å². The van der Waals surface area contributed by atoms with E-state index in [1.807, 2.05) is 31.2 Å². The van der Waals surface area contributed by atoms with E-state index in [0.29, 0.717) is 17.1 Å². The van der Waals surface area contributed by atoms with Crippen LogP contribution in [-0.2, 0) is 0 Å². The van der Waals surface area contributed by atoms with Gasteiger partial charge in [0.2, 0.25) is 0 Å². The number of carbonyl (C=O) groups is 1. The molecule has 2 aromatic carbocycles. The first-order valence-electron chi connectivity index (χ1n) is 6.01. The van der Waals surface area contributed by atoms with Crippen molar-refractivity contribution in [3.05, 3.63) is 59.7 Å². The summed E-state index contributed by atoms with van der Waals surface area (Å²) in [5.41, 5.74) is 12.4. The summed E-state index contributed by atoms with van der Waals surface area (Å²) < 4.78 is 5.78. The highest BCUT2D eigenvalue weighted by molar-refractivity contribution is 5.95. The summed E-state index contributed by atoms with van der Waals surface area (Å²) in [6.07, 6.45) is 0. The molecule has 1 atom stereocenters. The van der Waals surface area contributed by atoms with Crippen LogP contribution >= 0.6 is 0 Å². The number of primary amides is 1. The molecule has 0 aliphatic carbocycles. The summed E-state index contributed by atoms with van der Waals surface area (Å²) in [5, 5.41) is 0. The van der Waals surface area contributed by atoms with Crippen molar-refractivity contribution in [1.82, 2.24) is 0 Å². The number of amides is 1. The van der Waals surface area contributed by atoms with Crippen LogP contribution in [0.25, 0.3) is 0 Å². The normalized spacial score (nSPS) is 11.9. The minimum absolute atomic E-state index is 0.156. The average molecular weight is 256 g/mol. The van der Waals surface area contributed by atoms with Crippen LogP contribution in [0.15, 0.2) is 48.5 Å². The zero-order chi connectivity index (χ0) is 13.8. The number of hydrogen-bond donors (Lipinski definition) is 2. The van der Waals surface area contributed by atoms with E-state index < -0.39 is 5.91 Å². The lowest BCUT2D eigenvalue weighted by Gasteiger charge is -2.14. The Morgan fingerprint density at radius 1 is 1.05 bits per heavy atom. The molecule has 4 nitrogen and oxygen atoms in total. The van der Waals surface area contributed by atoms with Crippen molar-refractivity contribution in [1.29, 1.82) is 0 Å². The van der Waals surface area contributed by atoms with Crippen molar-refractivity contribution >= 4 is 5.91 Å². The monoisotopic (exact) mass is 256 g/mol. The molecule has 4 N–H and O–H groups in total. The third-order valence-corrected chi connectivity index (χ3v) is 2.78. The first-order valence-corrected chi connectivity index (χ1v) is 6.01. The van der Waals surface area contributed by atoms with Gasteiger partial charge in [0.1, 0.15) is 11.5 Å². The van der Waals surface area contributed by atoms with Gasteiger partial charge >= 0.3 is 0 Å². The van der Waals surface area contributed by atoms with E-state index in [0.717, 1.165) is 5.56 Å². The quantitative estimate of drug-likeness (QED) is 0.882. The molecule has 0 bridgehead atoms. The predicted octanol–water partition coefficient (Wildman–Crippen LogP) is 2.60. The van der Waals surface area contributed by atoms with Gasteiger partial charge in [-0.2, -0.15) is 0 Å². The minimum Gasteiger partial charge on any atom is -0.456 e. The summed E-state index contributed by atoms with van der Waals surface area (Å²) in [6.45, 7) is 1.88. The highest BCUT2D eigenvalue weighted by Crippen LogP contribution is 2.30. The average Bonchev–Trinajstić information content (AvgIpc) is 2.39. The van der Waals surface area contributed by atoms with Gasteiger partial charge in [-0.05, 0) is 25.1 Å². The third kappa shape index (κ3) is 2.92. The molecule has 0 fully saturated rings. The minimum atomic E-state index is -0.520. The lowest BCUT2D eigenvalue weighted by atomic mass is 10.1. The maximum absolute atomic E-state index is 11.3. The fraction of sp³-hybridized carbons (Fsp3) is 0.133. The van der Waals surface area contributed by atoms with Gasteiger partial charge in [0.05, 0.1) is 5.56 Å². The van der Waals surface area contributed by atoms with Gasteiger partial charge in [-0.25, -0.2) is 0 Å². The zero-order valence-corrected chi connectivity index (χ0v) is 10.7. The van der Waals surface area contributed by atoms with Crippen molar-refractivity contribution in [2.75, 3.05) is 0 Å². The Hall–Kier alpha value is -2.33. The third-order valence-electron chi connectivity index (χ3n) is 2.78. The fourth-order valence-corrected chi connectivity index (χ4v) is 1.83. The van der Waals surface area contributed by atoms with E-state index in [1.54, 1.807) is 24.3 Å². The van der Waals surface area contributed by atoms with Crippen molar-refractivity contribution in [3.63, 3.8) is 0 Å². The Morgan fingerprint density at radius 3 is 2.26 bits per heavy atom. The van der Waals surface area contributed by atoms with Gasteiger partial charge in [0.15, 0.2) is 0 Å². The molecule has 19 heavy (non-hydrogen) atoms. The number of ether oxygens (including phenoxy) is 1. The molecule has 1 amide bonds. The number of carbonyl (C=O) groups excluding carboxylic acids is 1. The van der Waals surface area contributed by atoms with Gasteiger partial charge in [-0.3, -0.25) is 4.79 Å². The summed E-state index contributed by atoms with van der Waals surface area (Å²) in [7, 11) is 0. The maximum atomic E-state index is 11.3. The summed E-state index contributed by atoms with van der Waals surface area (Å²) >= 11 is 0. The van der Waals surface area contributed by atoms with Gasteiger partial charge < -0.3 is 16.2 Å². The Morgan fingerprint density at radius 2 is 1.63 bits per heavy atom. The van der Waals surface area contributed by atoms with Crippen molar-refractivity contribution in [2.24, 2.45) is 11.5 Å². The molecule has 2 rings (SSSR count). The Balaban J connectivity index is 2.39. The van der Waals surface area contributed by atoms with Crippen molar-refractivity contribution < 1.29 is 9.53 Å². The lowest BCUT2D eigenvalue weighted by molar-refractivity contribution is 0.0998. The van der Waals surface area contributed by atoms with Crippen LogP contribution in [0.5, 0.6) is 11.5 Å². The van der Waals surface area contributed by atoms with E-state index >= 15 is 0 Å². The van der Waals surface area contributed by atoms with Gasteiger partial charge in [-0.15, -0.1) is 0 Å². The lowest BCUT2D eigenvalue weighted by Crippen LogP contribution is -2.12. The van der Waals surface area contributed by atoms with E-state index in [1.165, 1.54) is 0 Å². The topological polar surface area (TPSA) is 78.3 Å². The van der Waals surface area contributed by atoms with Crippen LogP contribution < -0.4 is 16.2 Å². The number of nitrogens with two attached hydrogens (primary N) is 2. The van der Waals surface area contributed by atoms with Crippen molar-refractivity contribution in [2.45, 2.75) is 13.0 Å². The summed E-state index contributed by atoms with van der Waals surface area (Å²) in [4.78, 5) is 11.3. The van der Waals surface area contributed by atoms with Crippen LogP contribution in [-0.4, -0.2) is 5.91 Å². The molecule has 0 radical (unpaired) electrons. The SMILES string of the molecule is C[C@H](N)c1ccccc1Oc1ccccc1C(N)=O. The second kappa shape index (κ2) is 5.54. The summed E-state index contributed by atoms with van der Waals surface area (Å²) in [5.74, 6) is 0.545. The molecule has 0 heterocycles. The molecule has 0 saturated carbocycles. The van der Waals surface area contributed by atoms with Gasteiger partial charge in [0, 0.05) is 11.6 Å². The van der Waals surface area contributed by atoms with Crippen LogP contribution in [0.1, 0.15) is 28.9 Å². The van der Waals surface area contributed by atoms with Crippen LogP contribution in [0.4, 0.5) is 0 Å². The first-order chi connectivity index (χ1) is 9.09. The summed E-state index contributed by atoms with van der Waals surface area (Å²) in [6, 6.07) is 14.2. The van der Waals surface area contributed by atoms with Crippen molar-refractivity contribution in [3.8, 4) is 11.5 Å². The van der Waals surface area contributed by atoms with E-state index in [2.05, 4.69) is 0 Å². The molecule has 0 spiro atoms. The van der Waals surface area contributed by atoms with Gasteiger partial charge in [-0.1, -0.05) is 30.3 Å². The molecular weight excluding hydrogens is 240 g/mol. The standard InChI is InChI=1S/C15H16N2O2/c1-10(16)11-6-2-4-8-13(11)19-14-9-5-3-7-12(14)15(17)18/h2-10H,16H2,1H3,(H2,17,18)/t10-/m0/s1. The molecular formula is C15H16N2O2. The largest absolute Gasteiger partial charge is 0.456 e. The molecule has 0 aromatic heterocycles. The second-order valence-corrected chi connectivity index (χ2v) is 4.29. The number of rotatable bonds is 4. The fourth-order valence-electron chi connectivity index (χ4n) is 1.83. The zero-order valence-electron chi connectivity index (χ0n) is 10.7. The molecule has 0 aliphatic rings. The maximum Gasteiger partial charge on any atom is 0.252 e. The van der Waals surface area contributed by atoms with E-state index in [4.69, 9.17) is 16.2 Å². The number of para-hydroxylation sites is 2. The molecule has 0 aliphatic heterocycles. The Labute approximate surface area is 112 Å². The number of benzene rings is 2. The molecule has 2 aromatic rings. The highest BCUT2D eigenvalue weighted by Gasteiger charge is 2.12. The number of hydrogen-bond acceptors (Lipinski definition) is 3. The van der Waals surface area contributed by atoms with Crippen LogP contribution in [0.3, 0.4) is 0 Å². The smallest absolute Gasteiger partial charge is 0.252 e. The molecule has 4 heteroatoms. The first kappa shape index (κ1) is 13.1. The predicted molar refractivity (Wildman–Crippen MR) is 74.1 cm³/mol. The Bertz CT molecular complexity index is 594. The second-order valence-electron chi connectivity index (χ2n) is 4.29. The molecule has 0 saturated heterocycles. The van der Waals surface area contributed by atoms with E-state index in [9.17, 15) is 4.79 Å². The Kier molecular flexibility index (Phi) is 3.82. The molecule has 98 valence electrons.